The molecule has 0 aliphatic carbocycles. The fourth-order valence-electron chi connectivity index (χ4n) is 2.52. The number of hydrogen-bond donors (Lipinski definition) is 2. The van der Waals surface area contributed by atoms with Crippen LogP contribution in [0.25, 0.3) is 0 Å². The molecule has 114 valence electrons. The molecule has 7 heteroatoms. The Bertz CT molecular complexity index is 546. The van der Waals surface area contributed by atoms with Gasteiger partial charge in [-0.1, -0.05) is 6.92 Å². The second-order valence-corrected chi connectivity index (χ2v) is 5.04. The van der Waals surface area contributed by atoms with Crippen molar-refractivity contribution in [1.82, 2.24) is 5.32 Å². The van der Waals surface area contributed by atoms with Gasteiger partial charge in [0.25, 0.3) is 5.91 Å². The zero-order chi connectivity index (χ0) is 15.4. The summed E-state index contributed by atoms with van der Waals surface area (Å²) in [6, 6.07) is 3.56. The number of amides is 1. The zero-order valence-electron chi connectivity index (χ0n) is 11.7. The van der Waals surface area contributed by atoms with Crippen molar-refractivity contribution in [2.45, 2.75) is 25.9 Å². The monoisotopic (exact) mass is 294 g/mol. The molecular weight excluding hydrogens is 276 g/mol. The lowest BCUT2D eigenvalue weighted by molar-refractivity contribution is -0.385. The van der Waals surface area contributed by atoms with E-state index in [1.54, 1.807) is 0 Å². The van der Waals surface area contributed by atoms with Crippen molar-refractivity contribution < 1.29 is 19.6 Å². The number of nitro benzene ring substituents is 1. The Morgan fingerprint density at radius 3 is 2.95 bits per heavy atom. The van der Waals surface area contributed by atoms with Gasteiger partial charge >= 0.3 is 5.69 Å². The van der Waals surface area contributed by atoms with E-state index in [9.17, 15) is 20.0 Å². The standard InChI is InChI=1S/C14H18N2O5/c1-2-13-10(5-6-21-13)8-15-14(18)9-3-4-11(16(19)20)12(17)7-9/h3-4,7,10,13,17H,2,5-6,8H2,1H3,(H,15,18). The number of nitrogens with zero attached hydrogens (tertiary/aromatic N) is 1. The molecule has 1 aromatic carbocycles. The summed E-state index contributed by atoms with van der Waals surface area (Å²) < 4.78 is 5.55. The van der Waals surface area contributed by atoms with E-state index in [1.807, 2.05) is 6.92 Å². The molecule has 2 N–H and O–H groups in total. The van der Waals surface area contributed by atoms with Gasteiger partial charge in [0, 0.05) is 30.7 Å². The Hall–Kier alpha value is -2.15. The van der Waals surface area contributed by atoms with E-state index in [0.29, 0.717) is 13.2 Å². The summed E-state index contributed by atoms with van der Waals surface area (Å²) in [6.07, 6.45) is 1.97. The molecule has 2 rings (SSSR count). The summed E-state index contributed by atoms with van der Waals surface area (Å²) in [7, 11) is 0. The third-order valence-electron chi connectivity index (χ3n) is 3.71. The number of phenols is 1. The Kier molecular flexibility index (Phi) is 4.74. The van der Waals surface area contributed by atoms with E-state index in [0.717, 1.165) is 25.0 Å². The summed E-state index contributed by atoms with van der Waals surface area (Å²) >= 11 is 0. The quantitative estimate of drug-likeness (QED) is 0.637. The number of phenolic OH excluding ortho intramolecular Hbond substituents is 1. The smallest absolute Gasteiger partial charge is 0.310 e. The summed E-state index contributed by atoms with van der Waals surface area (Å²) in [6.45, 7) is 3.24. The SMILES string of the molecule is CCC1OCCC1CNC(=O)c1ccc([N+](=O)[O-])c(O)c1. The second kappa shape index (κ2) is 6.53. The van der Waals surface area contributed by atoms with Crippen LogP contribution in [0.2, 0.25) is 0 Å². The highest BCUT2D eigenvalue weighted by Gasteiger charge is 2.27. The first kappa shape index (κ1) is 15.2. The minimum absolute atomic E-state index is 0.163. The number of hydrogen-bond acceptors (Lipinski definition) is 5. The molecule has 1 aliphatic heterocycles. The molecule has 0 bridgehead atoms. The first-order valence-electron chi connectivity index (χ1n) is 6.90. The topological polar surface area (TPSA) is 102 Å². The highest BCUT2D eigenvalue weighted by Crippen LogP contribution is 2.26. The van der Waals surface area contributed by atoms with Crippen LogP contribution in [0.4, 0.5) is 5.69 Å². The van der Waals surface area contributed by atoms with Gasteiger partial charge in [-0.15, -0.1) is 0 Å². The molecule has 1 fully saturated rings. The lowest BCUT2D eigenvalue weighted by Gasteiger charge is -2.17. The van der Waals surface area contributed by atoms with Gasteiger partial charge in [-0.25, -0.2) is 0 Å². The number of aromatic hydroxyl groups is 1. The fourth-order valence-corrected chi connectivity index (χ4v) is 2.52. The molecular formula is C14H18N2O5. The van der Waals surface area contributed by atoms with E-state index in [1.165, 1.54) is 6.07 Å². The van der Waals surface area contributed by atoms with Crippen LogP contribution in [-0.4, -0.2) is 35.2 Å². The van der Waals surface area contributed by atoms with E-state index in [-0.39, 0.29) is 23.5 Å². The van der Waals surface area contributed by atoms with Crippen LogP contribution in [0.3, 0.4) is 0 Å². The third kappa shape index (κ3) is 3.49. The van der Waals surface area contributed by atoms with Crippen molar-refractivity contribution in [1.29, 1.82) is 0 Å². The molecule has 7 nitrogen and oxygen atoms in total. The summed E-state index contributed by atoms with van der Waals surface area (Å²) in [5, 5.41) is 22.9. The number of ether oxygens (including phenoxy) is 1. The van der Waals surface area contributed by atoms with Gasteiger partial charge in [0.2, 0.25) is 0 Å². The fraction of sp³-hybridized carbons (Fsp3) is 0.500. The molecule has 2 atom stereocenters. The molecule has 0 radical (unpaired) electrons. The summed E-state index contributed by atoms with van der Waals surface area (Å²) in [4.78, 5) is 21.9. The maximum Gasteiger partial charge on any atom is 0.310 e. The van der Waals surface area contributed by atoms with Gasteiger partial charge < -0.3 is 15.2 Å². The Balaban J connectivity index is 1.97. The summed E-state index contributed by atoms with van der Waals surface area (Å²) in [5.41, 5.74) is -0.216. The van der Waals surface area contributed by atoms with Crippen molar-refractivity contribution in [2.75, 3.05) is 13.2 Å². The summed E-state index contributed by atoms with van der Waals surface area (Å²) in [5.74, 6) is -0.587. The normalized spacial score (nSPS) is 21.2. The Morgan fingerprint density at radius 1 is 1.57 bits per heavy atom. The predicted molar refractivity (Wildman–Crippen MR) is 75.2 cm³/mol. The molecule has 0 spiro atoms. The van der Waals surface area contributed by atoms with E-state index in [2.05, 4.69) is 5.32 Å². The molecule has 0 saturated carbocycles. The number of nitrogens with one attached hydrogen (secondary N) is 1. The molecule has 1 aliphatic rings. The number of carbonyl (C=O) groups excluding carboxylic acids is 1. The lowest BCUT2D eigenvalue weighted by Crippen LogP contribution is -2.32. The van der Waals surface area contributed by atoms with Crippen molar-refractivity contribution in [3.63, 3.8) is 0 Å². The maximum atomic E-state index is 12.0. The largest absolute Gasteiger partial charge is 0.502 e. The van der Waals surface area contributed by atoms with Crippen LogP contribution in [0.5, 0.6) is 5.75 Å². The van der Waals surface area contributed by atoms with Crippen molar-refractivity contribution in [2.24, 2.45) is 5.92 Å². The Labute approximate surface area is 122 Å². The lowest BCUT2D eigenvalue weighted by atomic mass is 9.99. The average molecular weight is 294 g/mol. The third-order valence-corrected chi connectivity index (χ3v) is 3.71. The second-order valence-electron chi connectivity index (χ2n) is 5.04. The first-order valence-corrected chi connectivity index (χ1v) is 6.90. The average Bonchev–Trinajstić information content (AvgIpc) is 2.91. The van der Waals surface area contributed by atoms with Crippen LogP contribution in [-0.2, 0) is 4.74 Å². The molecule has 1 heterocycles. The first-order chi connectivity index (χ1) is 10.0. The molecule has 1 aromatic rings. The van der Waals surface area contributed by atoms with Gasteiger partial charge in [-0.05, 0) is 25.0 Å². The minimum Gasteiger partial charge on any atom is -0.502 e. The number of rotatable bonds is 5. The van der Waals surface area contributed by atoms with E-state index < -0.39 is 16.4 Å². The minimum atomic E-state index is -0.696. The van der Waals surface area contributed by atoms with Crippen LogP contribution in [0.15, 0.2) is 18.2 Å². The van der Waals surface area contributed by atoms with Crippen molar-refractivity contribution in [3.05, 3.63) is 33.9 Å². The molecule has 21 heavy (non-hydrogen) atoms. The maximum absolute atomic E-state index is 12.0. The van der Waals surface area contributed by atoms with Crippen LogP contribution < -0.4 is 5.32 Å². The number of carbonyl (C=O) groups is 1. The van der Waals surface area contributed by atoms with Gasteiger partial charge in [-0.3, -0.25) is 14.9 Å². The molecule has 2 unspecified atom stereocenters. The highest BCUT2D eigenvalue weighted by molar-refractivity contribution is 5.95. The van der Waals surface area contributed by atoms with Crippen LogP contribution >= 0.6 is 0 Å². The van der Waals surface area contributed by atoms with Gasteiger partial charge in [0.1, 0.15) is 0 Å². The van der Waals surface area contributed by atoms with Gasteiger partial charge in [-0.2, -0.15) is 0 Å². The van der Waals surface area contributed by atoms with Crippen molar-refractivity contribution in [3.8, 4) is 5.75 Å². The molecule has 0 aromatic heterocycles. The van der Waals surface area contributed by atoms with Crippen LogP contribution in [0, 0.1) is 16.0 Å². The van der Waals surface area contributed by atoms with Gasteiger partial charge in [0.05, 0.1) is 11.0 Å². The predicted octanol–water partition coefficient (Wildman–Crippen LogP) is 1.85. The zero-order valence-corrected chi connectivity index (χ0v) is 11.7. The highest BCUT2D eigenvalue weighted by atomic mass is 16.6. The number of nitro groups is 1. The van der Waals surface area contributed by atoms with Crippen LogP contribution in [0.1, 0.15) is 30.1 Å². The molecule has 1 amide bonds. The Morgan fingerprint density at radius 2 is 2.33 bits per heavy atom. The van der Waals surface area contributed by atoms with E-state index >= 15 is 0 Å². The molecule has 1 saturated heterocycles. The van der Waals surface area contributed by atoms with Gasteiger partial charge in [0.15, 0.2) is 5.75 Å². The number of benzene rings is 1. The van der Waals surface area contributed by atoms with E-state index in [4.69, 9.17) is 4.74 Å². The van der Waals surface area contributed by atoms with Crippen molar-refractivity contribution >= 4 is 11.6 Å².